The molecule has 0 saturated heterocycles. The molecular formula is C18H18O7. The monoisotopic (exact) mass is 346 g/mol. The summed E-state index contributed by atoms with van der Waals surface area (Å²) in [6, 6.07) is 8.90. The molecule has 0 bridgehead atoms. The SMILES string of the molecule is COc1ccc(CCC(=O)c2ccc(OCC(=O)O)cc2O)cc1O. The van der Waals surface area contributed by atoms with Crippen molar-refractivity contribution in [2.45, 2.75) is 12.8 Å². The highest BCUT2D eigenvalue weighted by atomic mass is 16.5. The Morgan fingerprint density at radius 3 is 2.40 bits per heavy atom. The van der Waals surface area contributed by atoms with E-state index in [1.54, 1.807) is 12.1 Å². The van der Waals surface area contributed by atoms with Gasteiger partial charge in [-0.05, 0) is 36.2 Å². The number of aryl methyl sites for hydroxylation is 1. The van der Waals surface area contributed by atoms with Gasteiger partial charge >= 0.3 is 5.97 Å². The highest BCUT2D eigenvalue weighted by Crippen LogP contribution is 2.28. The molecule has 7 nitrogen and oxygen atoms in total. The van der Waals surface area contributed by atoms with Crippen molar-refractivity contribution in [3.8, 4) is 23.0 Å². The first-order valence-electron chi connectivity index (χ1n) is 7.47. The van der Waals surface area contributed by atoms with Gasteiger partial charge in [0.1, 0.15) is 11.5 Å². The van der Waals surface area contributed by atoms with Crippen molar-refractivity contribution in [1.82, 2.24) is 0 Å². The molecule has 0 fully saturated rings. The maximum absolute atomic E-state index is 12.2. The van der Waals surface area contributed by atoms with Crippen molar-refractivity contribution >= 4 is 11.8 Å². The number of hydrogen-bond donors (Lipinski definition) is 3. The van der Waals surface area contributed by atoms with Crippen molar-refractivity contribution < 1.29 is 34.4 Å². The number of carbonyl (C=O) groups excluding carboxylic acids is 1. The van der Waals surface area contributed by atoms with Crippen LogP contribution in [0.4, 0.5) is 0 Å². The van der Waals surface area contributed by atoms with E-state index in [4.69, 9.17) is 14.6 Å². The van der Waals surface area contributed by atoms with Gasteiger partial charge in [-0.25, -0.2) is 4.79 Å². The summed E-state index contributed by atoms with van der Waals surface area (Å²) in [7, 11) is 1.45. The molecule has 0 aliphatic rings. The van der Waals surface area contributed by atoms with Crippen LogP contribution in [-0.2, 0) is 11.2 Å². The lowest BCUT2D eigenvalue weighted by molar-refractivity contribution is -0.139. The molecule has 7 heteroatoms. The number of carboxylic acids is 1. The van der Waals surface area contributed by atoms with Crippen molar-refractivity contribution in [2.24, 2.45) is 0 Å². The fourth-order valence-corrected chi connectivity index (χ4v) is 2.27. The molecule has 3 N–H and O–H groups in total. The molecule has 132 valence electrons. The fourth-order valence-electron chi connectivity index (χ4n) is 2.27. The Hall–Kier alpha value is -3.22. The number of benzene rings is 2. The number of ether oxygens (including phenoxy) is 2. The third-order valence-electron chi connectivity index (χ3n) is 3.52. The molecule has 2 aromatic carbocycles. The average Bonchev–Trinajstić information content (AvgIpc) is 2.58. The molecule has 0 amide bonds. The largest absolute Gasteiger partial charge is 0.507 e. The number of aliphatic carboxylic acids is 1. The zero-order chi connectivity index (χ0) is 18.4. The summed E-state index contributed by atoms with van der Waals surface area (Å²) in [6.07, 6.45) is 0.516. The van der Waals surface area contributed by atoms with Gasteiger partial charge in [0.15, 0.2) is 23.9 Å². The number of carbonyl (C=O) groups is 2. The third-order valence-corrected chi connectivity index (χ3v) is 3.52. The van der Waals surface area contributed by atoms with E-state index in [2.05, 4.69) is 0 Å². The van der Waals surface area contributed by atoms with Crippen LogP contribution >= 0.6 is 0 Å². The summed E-state index contributed by atoms with van der Waals surface area (Å²) in [6.45, 7) is -0.534. The Labute approximate surface area is 144 Å². The number of hydrogen-bond acceptors (Lipinski definition) is 6. The maximum atomic E-state index is 12.2. The summed E-state index contributed by atoms with van der Waals surface area (Å²) in [5.74, 6) is -1.18. The van der Waals surface area contributed by atoms with Crippen molar-refractivity contribution in [2.75, 3.05) is 13.7 Å². The Morgan fingerprint density at radius 2 is 1.80 bits per heavy atom. The number of phenols is 2. The minimum atomic E-state index is -1.14. The average molecular weight is 346 g/mol. The minimum Gasteiger partial charge on any atom is -0.507 e. The first-order chi connectivity index (χ1) is 11.9. The summed E-state index contributed by atoms with van der Waals surface area (Å²) in [5.41, 5.74) is 0.882. The lowest BCUT2D eigenvalue weighted by atomic mass is 10.0. The second-order valence-electron chi connectivity index (χ2n) is 5.29. The lowest BCUT2D eigenvalue weighted by Gasteiger charge is -2.08. The van der Waals surface area contributed by atoms with Crippen molar-refractivity contribution in [1.29, 1.82) is 0 Å². The predicted molar refractivity (Wildman–Crippen MR) is 88.5 cm³/mol. The molecule has 0 aromatic heterocycles. The molecule has 0 spiro atoms. The number of aromatic hydroxyl groups is 2. The number of ketones is 1. The van der Waals surface area contributed by atoms with Crippen molar-refractivity contribution in [3.63, 3.8) is 0 Å². The van der Waals surface area contributed by atoms with Gasteiger partial charge in [-0.1, -0.05) is 6.07 Å². The molecular weight excluding hydrogens is 328 g/mol. The van der Waals surface area contributed by atoms with Gasteiger partial charge in [0.25, 0.3) is 0 Å². The molecule has 0 atom stereocenters. The predicted octanol–water partition coefficient (Wildman–Crippen LogP) is 2.39. The molecule has 0 aliphatic carbocycles. The van der Waals surface area contributed by atoms with Crippen LogP contribution in [0.15, 0.2) is 36.4 Å². The molecule has 0 heterocycles. The van der Waals surface area contributed by atoms with Gasteiger partial charge in [-0.3, -0.25) is 4.79 Å². The second kappa shape index (κ2) is 8.05. The van der Waals surface area contributed by atoms with Gasteiger partial charge in [0, 0.05) is 12.5 Å². The van der Waals surface area contributed by atoms with E-state index in [0.29, 0.717) is 12.2 Å². The zero-order valence-corrected chi connectivity index (χ0v) is 13.6. The quantitative estimate of drug-likeness (QED) is 0.629. The Morgan fingerprint density at radius 1 is 1.04 bits per heavy atom. The first kappa shape index (κ1) is 18.1. The topological polar surface area (TPSA) is 113 Å². The van der Waals surface area contributed by atoms with Crippen LogP contribution in [0.1, 0.15) is 22.3 Å². The second-order valence-corrected chi connectivity index (χ2v) is 5.29. The molecule has 2 aromatic rings. The zero-order valence-electron chi connectivity index (χ0n) is 13.6. The molecule has 25 heavy (non-hydrogen) atoms. The number of methoxy groups -OCH3 is 1. The summed E-state index contributed by atoms with van der Waals surface area (Å²) >= 11 is 0. The van der Waals surface area contributed by atoms with E-state index in [-0.39, 0.29) is 35.0 Å². The van der Waals surface area contributed by atoms with E-state index in [1.165, 1.54) is 31.4 Å². The maximum Gasteiger partial charge on any atom is 0.341 e. The van der Waals surface area contributed by atoms with E-state index < -0.39 is 12.6 Å². The molecule has 0 unspecified atom stereocenters. The number of carboxylic acid groups (broad SMARTS) is 1. The van der Waals surface area contributed by atoms with E-state index in [9.17, 15) is 19.8 Å². The van der Waals surface area contributed by atoms with Crippen molar-refractivity contribution in [3.05, 3.63) is 47.5 Å². The van der Waals surface area contributed by atoms with Gasteiger partial charge < -0.3 is 24.8 Å². The van der Waals surface area contributed by atoms with Crippen LogP contribution in [0.25, 0.3) is 0 Å². The fraction of sp³-hybridized carbons (Fsp3) is 0.222. The van der Waals surface area contributed by atoms with Crippen LogP contribution in [0.3, 0.4) is 0 Å². The van der Waals surface area contributed by atoms with Gasteiger partial charge in [0.2, 0.25) is 0 Å². The van der Waals surface area contributed by atoms with Crippen LogP contribution in [0.2, 0.25) is 0 Å². The summed E-state index contributed by atoms with van der Waals surface area (Å²) < 4.78 is 9.89. The molecule has 2 rings (SSSR count). The van der Waals surface area contributed by atoms with Crippen LogP contribution in [-0.4, -0.2) is 40.8 Å². The van der Waals surface area contributed by atoms with Crippen LogP contribution in [0.5, 0.6) is 23.0 Å². The number of phenolic OH excluding ortho intramolecular Hbond substituents is 2. The van der Waals surface area contributed by atoms with Crippen LogP contribution in [0, 0.1) is 0 Å². The van der Waals surface area contributed by atoms with Gasteiger partial charge in [0.05, 0.1) is 12.7 Å². The molecule has 0 radical (unpaired) electrons. The highest BCUT2D eigenvalue weighted by molar-refractivity contribution is 5.98. The Bertz CT molecular complexity index is 783. The Balaban J connectivity index is 2.00. The van der Waals surface area contributed by atoms with Gasteiger partial charge in [-0.2, -0.15) is 0 Å². The summed E-state index contributed by atoms with van der Waals surface area (Å²) in [5, 5.41) is 28.2. The smallest absolute Gasteiger partial charge is 0.341 e. The summed E-state index contributed by atoms with van der Waals surface area (Å²) in [4.78, 5) is 22.7. The standard InChI is InChI=1S/C18H18O7/c1-24-17-7-3-11(8-16(17)21)2-6-14(19)13-5-4-12(9-15(13)20)25-10-18(22)23/h3-5,7-9,20-21H,2,6,10H2,1H3,(H,22,23). The normalized spacial score (nSPS) is 10.3. The van der Waals surface area contributed by atoms with E-state index >= 15 is 0 Å². The lowest BCUT2D eigenvalue weighted by Crippen LogP contribution is -2.09. The minimum absolute atomic E-state index is 0.00442. The van der Waals surface area contributed by atoms with E-state index in [0.717, 1.165) is 5.56 Å². The van der Waals surface area contributed by atoms with Gasteiger partial charge in [-0.15, -0.1) is 0 Å². The molecule has 0 aliphatic heterocycles. The number of Topliss-reactive ketones (excluding diaryl/α,β-unsaturated/α-hetero) is 1. The van der Waals surface area contributed by atoms with E-state index in [1.807, 2.05) is 0 Å². The highest BCUT2D eigenvalue weighted by Gasteiger charge is 2.13. The number of rotatable bonds is 8. The molecule has 0 saturated carbocycles. The first-order valence-corrected chi connectivity index (χ1v) is 7.47. The Kier molecular flexibility index (Phi) is 5.84. The van der Waals surface area contributed by atoms with Crippen LogP contribution < -0.4 is 9.47 Å². The third kappa shape index (κ3) is 4.87.